The lowest BCUT2D eigenvalue weighted by molar-refractivity contribution is 0.0800. The molecule has 0 spiro atoms. The van der Waals surface area contributed by atoms with Crippen LogP contribution < -0.4 is 4.72 Å². The summed E-state index contributed by atoms with van der Waals surface area (Å²) in [5, 5.41) is 0.397. The van der Waals surface area contributed by atoms with E-state index in [1.165, 1.54) is 6.07 Å². The van der Waals surface area contributed by atoms with Crippen molar-refractivity contribution >= 4 is 48.9 Å². The SMILES string of the molecule is CCOC(C)CNS(=O)(=O)c1cc(Cl)c(Br)s1. The molecule has 1 rings (SSSR count). The van der Waals surface area contributed by atoms with Gasteiger partial charge in [-0.05, 0) is 35.8 Å². The van der Waals surface area contributed by atoms with Crippen LogP contribution in [0.1, 0.15) is 13.8 Å². The number of hydrogen-bond donors (Lipinski definition) is 1. The molecule has 0 amide bonds. The van der Waals surface area contributed by atoms with Crippen LogP contribution in [0.4, 0.5) is 0 Å². The molecule has 1 unspecified atom stereocenters. The first kappa shape index (κ1) is 15.4. The fourth-order valence-electron chi connectivity index (χ4n) is 1.10. The zero-order chi connectivity index (χ0) is 13.1. The van der Waals surface area contributed by atoms with E-state index in [0.717, 1.165) is 11.3 Å². The lowest BCUT2D eigenvalue weighted by Gasteiger charge is -2.11. The highest BCUT2D eigenvalue weighted by Crippen LogP contribution is 2.34. The Kier molecular flexibility index (Phi) is 5.88. The van der Waals surface area contributed by atoms with E-state index in [2.05, 4.69) is 20.7 Å². The van der Waals surface area contributed by atoms with Crippen molar-refractivity contribution in [3.05, 3.63) is 14.9 Å². The fourth-order valence-corrected chi connectivity index (χ4v) is 4.66. The lowest BCUT2D eigenvalue weighted by atomic mass is 10.4. The minimum atomic E-state index is -3.50. The molecule has 1 heterocycles. The molecule has 0 bridgehead atoms. The van der Waals surface area contributed by atoms with Crippen LogP contribution in [0.3, 0.4) is 0 Å². The molecule has 1 aromatic heterocycles. The van der Waals surface area contributed by atoms with Crippen LogP contribution in [0.15, 0.2) is 14.1 Å². The van der Waals surface area contributed by atoms with E-state index < -0.39 is 10.0 Å². The van der Waals surface area contributed by atoms with Crippen LogP contribution in [-0.4, -0.2) is 27.7 Å². The summed E-state index contributed by atoms with van der Waals surface area (Å²) in [5.74, 6) is 0. The number of hydrogen-bond acceptors (Lipinski definition) is 4. The molecule has 1 N–H and O–H groups in total. The fraction of sp³-hybridized carbons (Fsp3) is 0.556. The van der Waals surface area contributed by atoms with E-state index >= 15 is 0 Å². The van der Waals surface area contributed by atoms with Gasteiger partial charge in [0.2, 0.25) is 10.0 Å². The van der Waals surface area contributed by atoms with Crippen molar-refractivity contribution < 1.29 is 13.2 Å². The lowest BCUT2D eigenvalue weighted by Crippen LogP contribution is -2.31. The maximum absolute atomic E-state index is 11.9. The van der Waals surface area contributed by atoms with E-state index in [1.54, 1.807) is 0 Å². The normalized spacial score (nSPS) is 13.9. The third-order valence-electron chi connectivity index (χ3n) is 1.90. The minimum absolute atomic E-state index is 0.159. The van der Waals surface area contributed by atoms with Gasteiger partial charge in [0.15, 0.2) is 0 Å². The molecule has 8 heteroatoms. The first-order chi connectivity index (χ1) is 7.86. The quantitative estimate of drug-likeness (QED) is 0.846. The number of nitrogens with one attached hydrogen (secondary N) is 1. The number of rotatable bonds is 6. The Bertz CT molecular complexity index is 455. The maximum Gasteiger partial charge on any atom is 0.250 e. The molecular weight excluding hydrogens is 350 g/mol. The number of ether oxygens (including phenoxy) is 1. The van der Waals surface area contributed by atoms with Gasteiger partial charge in [0.05, 0.1) is 14.9 Å². The average Bonchev–Trinajstić information content (AvgIpc) is 2.58. The van der Waals surface area contributed by atoms with Crippen LogP contribution in [0.2, 0.25) is 5.02 Å². The van der Waals surface area contributed by atoms with Gasteiger partial charge in [-0.2, -0.15) is 0 Å². The van der Waals surface area contributed by atoms with Crippen molar-refractivity contribution in [2.45, 2.75) is 24.2 Å². The van der Waals surface area contributed by atoms with Crippen molar-refractivity contribution in [1.29, 1.82) is 0 Å². The maximum atomic E-state index is 11.9. The summed E-state index contributed by atoms with van der Waals surface area (Å²) in [4.78, 5) is 0. The summed E-state index contributed by atoms with van der Waals surface area (Å²) in [6.45, 7) is 4.47. The van der Waals surface area contributed by atoms with E-state index in [-0.39, 0.29) is 16.9 Å². The van der Waals surface area contributed by atoms with Gasteiger partial charge < -0.3 is 4.74 Å². The highest BCUT2D eigenvalue weighted by Gasteiger charge is 2.19. The van der Waals surface area contributed by atoms with Gasteiger partial charge >= 0.3 is 0 Å². The summed E-state index contributed by atoms with van der Waals surface area (Å²) in [6.07, 6.45) is -0.159. The van der Waals surface area contributed by atoms with Crippen LogP contribution in [-0.2, 0) is 14.8 Å². The Labute approximate surface area is 118 Å². The van der Waals surface area contributed by atoms with Gasteiger partial charge in [-0.1, -0.05) is 11.6 Å². The molecule has 0 fully saturated rings. The molecule has 0 aliphatic carbocycles. The van der Waals surface area contributed by atoms with Gasteiger partial charge in [-0.3, -0.25) is 0 Å². The van der Waals surface area contributed by atoms with Crippen LogP contribution in [0, 0.1) is 0 Å². The molecule has 0 saturated heterocycles. The second-order valence-corrected chi connectivity index (χ2v) is 8.08. The summed E-state index contributed by atoms with van der Waals surface area (Å²) in [7, 11) is -3.50. The summed E-state index contributed by atoms with van der Waals surface area (Å²) in [5.41, 5.74) is 0. The van der Waals surface area contributed by atoms with Gasteiger partial charge in [0, 0.05) is 13.2 Å². The Morgan fingerprint density at radius 2 is 2.29 bits per heavy atom. The third-order valence-corrected chi connectivity index (χ3v) is 6.27. The second-order valence-electron chi connectivity index (χ2n) is 3.30. The number of halogens is 2. The van der Waals surface area contributed by atoms with Crippen molar-refractivity contribution in [2.75, 3.05) is 13.2 Å². The topological polar surface area (TPSA) is 55.4 Å². The first-order valence-electron chi connectivity index (χ1n) is 4.93. The first-order valence-corrected chi connectivity index (χ1v) is 8.40. The largest absolute Gasteiger partial charge is 0.377 e. The third kappa shape index (κ3) is 4.50. The summed E-state index contributed by atoms with van der Waals surface area (Å²) in [6, 6.07) is 1.42. The molecule has 0 radical (unpaired) electrons. The van der Waals surface area contributed by atoms with Crippen LogP contribution in [0.25, 0.3) is 0 Å². The van der Waals surface area contributed by atoms with Gasteiger partial charge in [-0.15, -0.1) is 11.3 Å². The van der Waals surface area contributed by atoms with Crippen molar-refractivity contribution in [3.63, 3.8) is 0 Å². The smallest absolute Gasteiger partial charge is 0.250 e. The Morgan fingerprint density at radius 1 is 1.65 bits per heavy atom. The highest BCUT2D eigenvalue weighted by atomic mass is 79.9. The van der Waals surface area contributed by atoms with Gasteiger partial charge in [0.25, 0.3) is 0 Å². The zero-order valence-corrected chi connectivity index (χ0v) is 13.3. The highest BCUT2D eigenvalue weighted by molar-refractivity contribution is 9.11. The van der Waals surface area contributed by atoms with Crippen LogP contribution in [0.5, 0.6) is 0 Å². The molecule has 4 nitrogen and oxygen atoms in total. The predicted molar refractivity (Wildman–Crippen MR) is 73.3 cm³/mol. The molecule has 0 aliphatic rings. The van der Waals surface area contributed by atoms with Crippen molar-refractivity contribution in [3.8, 4) is 0 Å². The number of thiophene rings is 1. The van der Waals surface area contributed by atoms with Crippen molar-refractivity contribution in [1.82, 2.24) is 4.72 Å². The van der Waals surface area contributed by atoms with Crippen molar-refractivity contribution in [2.24, 2.45) is 0 Å². The number of sulfonamides is 1. The molecule has 98 valence electrons. The van der Waals surface area contributed by atoms with Crippen LogP contribution >= 0.6 is 38.9 Å². The Balaban J connectivity index is 2.69. The minimum Gasteiger partial charge on any atom is -0.377 e. The van der Waals surface area contributed by atoms with E-state index in [1.807, 2.05) is 13.8 Å². The van der Waals surface area contributed by atoms with E-state index in [0.29, 0.717) is 15.4 Å². The average molecular weight is 363 g/mol. The zero-order valence-electron chi connectivity index (χ0n) is 9.37. The Morgan fingerprint density at radius 3 is 2.76 bits per heavy atom. The molecule has 0 aromatic carbocycles. The molecular formula is C9H13BrClNO3S2. The molecule has 0 aliphatic heterocycles. The molecule has 17 heavy (non-hydrogen) atoms. The molecule has 1 atom stereocenters. The summed E-state index contributed by atoms with van der Waals surface area (Å²) >= 11 is 10.1. The monoisotopic (exact) mass is 361 g/mol. The Hall–Kier alpha value is 0.340. The second kappa shape index (κ2) is 6.49. The van der Waals surface area contributed by atoms with E-state index in [9.17, 15) is 8.42 Å². The molecule has 0 saturated carbocycles. The predicted octanol–water partition coefficient (Wildman–Crippen LogP) is 2.87. The van der Waals surface area contributed by atoms with E-state index in [4.69, 9.17) is 16.3 Å². The summed E-state index contributed by atoms with van der Waals surface area (Å²) < 4.78 is 32.3. The van der Waals surface area contributed by atoms with Gasteiger partial charge in [0.1, 0.15) is 4.21 Å². The van der Waals surface area contributed by atoms with Gasteiger partial charge in [-0.25, -0.2) is 13.1 Å². The standard InChI is InChI=1S/C9H13BrClNO3S2/c1-3-15-6(2)5-12-17(13,14)8-4-7(11)9(10)16-8/h4,6,12H,3,5H2,1-2H3. The molecule has 1 aromatic rings.